The Morgan fingerprint density at radius 1 is 1.10 bits per heavy atom. The highest BCUT2D eigenvalue weighted by Gasteiger charge is 2.29. The van der Waals surface area contributed by atoms with Crippen molar-refractivity contribution in [1.82, 2.24) is 4.98 Å². The number of pyridine rings is 1. The third kappa shape index (κ3) is 2.96. The fraction of sp³-hybridized carbons (Fsp3) is 0.333. The van der Waals surface area contributed by atoms with Crippen LogP contribution in [0.3, 0.4) is 0 Å². The molecule has 0 N–H and O–H groups in total. The van der Waals surface area contributed by atoms with Crippen LogP contribution in [0, 0.1) is 5.92 Å². The molecule has 1 aliphatic carbocycles. The van der Waals surface area contributed by atoms with Crippen LogP contribution in [0.5, 0.6) is 0 Å². The molecule has 1 aromatic carbocycles. The molecule has 1 fully saturated rings. The second kappa shape index (κ2) is 6.00. The van der Waals surface area contributed by atoms with E-state index in [1.807, 2.05) is 18.3 Å². The van der Waals surface area contributed by atoms with E-state index in [-0.39, 0.29) is 5.92 Å². The van der Waals surface area contributed by atoms with E-state index < -0.39 is 0 Å². The van der Waals surface area contributed by atoms with Crippen LogP contribution in [0.1, 0.15) is 36.3 Å². The van der Waals surface area contributed by atoms with E-state index in [9.17, 15) is 4.79 Å². The molecule has 2 atom stereocenters. The third-order valence-electron chi connectivity index (χ3n) is 4.24. The zero-order chi connectivity index (χ0) is 13.8. The zero-order valence-corrected chi connectivity index (χ0v) is 11.5. The van der Waals surface area contributed by atoms with E-state index >= 15 is 0 Å². The predicted octanol–water partition coefficient (Wildman–Crippen LogP) is 3.78. The van der Waals surface area contributed by atoms with Gasteiger partial charge in [-0.15, -0.1) is 0 Å². The molecule has 0 saturated heterocycles. The molecule has 0 radical (unpaired) electrons. The van der Waals surface area contributed by atoms with E-state index in [1.165, 1.54) is 11.1 Å². The van der Waals surface area contributed by atoms with Crippen molar-refractivity contribution >= 4 is 5.78 Å². The van der Waals surface area contributed by atoms with E-state index in [1.54, 1.807) is 6.20 Å². The largest absolute Gasteiger partial charge is 0.299 e. The van der Waals surface area contributed by atoms with E-state index in [2.05, 4.69) is 35.3 Å². The first-order valence-electron chi connectivity index (χ1n) is 7.29. The summed E-state index contributed by atoms with van der Waals surface area (Å²) in [7, 11) is 0. The van der Waals surface area contributed by atoms with Crippen molar-refractivity contribution in [3.05, 3.63) is 66.0 Å². The van der Waals surface area contributed by atoms with Gasteiger partial charge >= 0.3 is 0 Å². The number of carbonyl (C=O) groups excluding carboxylic acids is 1. The Morgan fingerprint density at radius 3 is 2.70 bits per heavy atom. The van der Waals surface area contributed by atoms with Crippen molar-refractivity contribution in [1.29, 1.82) is 0 Å². The summed E-state index contributed by atoms with van der Waals surface area (Å²) in [6.45, 7) is 0. The Morgan fingerprint density at radius 2 is 1.95 bits per heavy atom. The number of ketones is 1. The summed E-state index contributed by atoms with van der Waals surface area (Å²) in [5, 5.41) is 0. The first-order valence-corrected chi connectivity index (χ1v) is 7.29. The van der Waals surface area contributed by atoms with Gasteiger partial charge in [0.1, 0.15) is 5.78 Å². The van der Waals surface area contributed by atoms with Gasteiger partial charge in [-0.05, 0) is 42.4 Å². The van der Waals surface area contributed by atoms with Crippen LogP contribution in [0.25, 0.3) is 0 Å². The molecule has 1 aromatic heterocycles. The summed E-state index contributed by atoms with van der Waals surface area (Å²) in [5.74, 6) is 1.09. The number of nitrogens with zero attached hydrogens (tertiary/aromatic N) is 1. The molecule has 0 amide bonds. The highest BCUT2D eigenvalue weighted by Crippen LogP contribution is 2.35. The predicted molar refractivity (Wildman–Crippen MR) is 79.5 cm³/mol. The topological polar surface area (TPSA) is 30.0 Å². The normalized spacial score (nSPS) is 22.7. The van der Waals surface area contributed by atoms with Gasteiger partial charge in [-0.2, -0.15) is 0 Å². The highest BCUT2D eigenvalue weighted by molar-refractivity contribution is 5.82. The molecule has 1 heterocycles. The lowest BCUT2D eigenvalue weighted by molar-refractivity contribution is -0.124. The maximum atomic E-state index is 12.2. The quantitative estimate of drug-likeness (QED) is 0.845. The lowest BCUT2D eigenvalue weighted by Gasteiger charge is -2.28. The van der Waals surface area contributed by atoms with Gasteiger partial charge in [0.15, 0.2) is 0 Å². The summed E-state index contributed by atoms with van der Waals surface area (Å²) < 4.78 is 0. The van der Waals surface area contributed by atoms with Crippen molar-refractivity contribution in [2.75, 3.05) is 0 Å². The molecule has 1 aliphatic rings. The van der Waals surface area contributed by atoms with Gasteiger partial charge in [-0.25, -0.2) is 0 Å². The van der Waals surface area contributed by atoms with Crippen LogP contribution in [-0.2, 0) is 11.2 Å². The van der Waals surface area contributed by atoms with Crippen molar-refractivity contribution in [3.8, 4) is 0 Å². The second-order valence-electron chi connectivity index (χ2n) is 5.61. The second-order valence-corrected chi connectivity index (χ2v) is 5.61. The minimum Gasteiger partial charge on any atom is -0.299 e. The molecule has 20 heavy (non-hydrogen) atoms. The Bertz CT molecular complexity index is 564. The fourth-order valence-electron chi connectivity index (χ4n) is 3.14. The number of benzene rings is 1. The summed E-state index contributed by atoms with van der Waals surface area (Å²) >= 11 is 0. The molecule has 0 aliphatic heterocycles. The molecular weight excluding hydrogens is 246 g/mol. The van der Waals surface area contributed by atoms with Gasteiger partial charge < -0.3 is 0 Å². The smallest absolute Gasteiger partial charge is 0.136 e. The number of carbonyl (C=O) groups is 1. The zero-order valence-electron chi connectivity index (χ0n) is 11.5. The fourth-order valence-corrected chi connectivity index (χ4v) is 3.14. The number of Topliss-reactive ketones (excluding diaryl/α,β-unsaturated/α-hetero) is 1. The Labute approximate surface area is 119 Å². The van der Waals surface area contributed by atoms with Crippen LogP contribution < -0.4 is 0 Å². The number of rotatable bonds is 3. The van der Waals surface area contributed by atoms with Crippen molar-refractivity contribution in [3.63, 3.8) is 0 Å². The summed E-state index contributed by atoms with van der Waals surface area (Å²) in [4.78, 5) is 16.3. The Kier molecular flexibility index (Phi) is 3.91. The third-order valence-corrected chi connectivity index (χ3v) is 4.24. The molecule has 2 heteroatoms. The average Bonchev–Trinajstić information content (AvgIpc) is 2.51. The van der Waals surface area contributed by atoms with Crippen molar-refractivity contribution in [2.45, 2.75) is 31.6 Å². The number of aromatic nitrogens is 1. The van der Waals surface area contributed by atoms with Gasteiger partial charge in [0.2, 0.25) is 0 Å². The van der Waals surface area contributed by atoms with Crippen molar-refractivity contribution in [2.24, 2.45) is 5.92 Å². The van der Waals surface area contributed by atoms with Gasteiger partial charge in [-0.3, -0.25) is 9.78 Å². The molecule has 3 rings (SSSR count). The van der Waals surface area contributed by atoms with Crippen molar-refractivity contribution < 1.29 is 4.79 Å². The maximum Gasteiger partial charge on any atom is 0.136 e. The molecule has 102 valence electrons. The van der Waals surface area contributed by atoms with Gasteiger partial charge in [0.05, 0.1) is 0 Å². The van der Waals surface area contributed by atoms with E-state index in [0.717, 1.165) is 19.3 Å². The highest BCUT2D eigenvalue weighted by atomic mass is 16.1. The van der Waals surface area contributed by atoms with Crippen LogP contribution in [-0.4, -0.2) is 10.8 Å². The molecule has 0 bridgehead atoms. The molecular formula is C18H19NO. The van der Waals surface area contributed by atoms with Crippen LogP contribution in [0.2, 0.25) is 0 Å². The maximum absolute atomic E-state index is 12.2. The number of hydrogen-bond donors (Lipinski definition) is 0. The lowest BCUT2D eigenvalue weighted by atomic mass is 9.75. The van der Waals surface area contributed by atoms with Gasteiger partial charge in [0, 0.05) is 24.7 Å². The lowest BCUT2D eigenvalue weighted by Crippen LogP contribution is -2.25. The van der Waals surface area contributed by atoms with Crippen LogP contribution in [0.4, 0.5) is 0 Å². The van der Waals surface area contributed by atoms with E-state index in [0.29, 0.717) is 18.1 Å². The number of hydrogen-bond acceptors (Lipinski definition) is 2. The SMILES string of the molecule is O=C1CCC(c2ccccc2)CC1Cc1cccnc1. The monoisotopic (exact) mass is 265 g/mol. The minimum absolute atomic E-state index is 0.151. The Hall–Kier alpha value is -1.96. The Balaban J connectivity index is 1.72. The van der Waals surface area contributed by atoms with Gasteiger partial charge in [-0.1, -0.05) is 36.4 Å². The van der Waals surface area contributed by atoms with Crippen LogP contribution in [0.15, 0.2) is 54.9 Å². The standard InChI is InChI=1S/C18H19NO/c20-18-9-8-16(15-6-2-1-3-7-15)12-17(18)11-14-5-4-10-19-13-14/h1-7,10,13,16-17H,8-9,11-12H2. The summed E-state index contributed by atoms with van der Waals surface area (Å²) in [5.41, 5.74) is 2.54. The molecule has 2 unspecified atom stereocenters. The summed E-state index contributed by atoms with van der Waals surface area (Å²) in [6, 6.07) is 14.6. The molecule has 2 aromatic rings. The molecule has 1 saturated carbocycles. The molecule has 0 spiro atoms. The first-order chi connectivity index (χ1) is 9.83. The van der Waals surface area contributed by atoms with E-state index in [4.69, 9.17) is 0 Å². The summed E-state index contributed by atoms with van der Waals surface area (Å²) in [6.07, 6.45) is 7.16. The average molecular weight is 265 g/mol. The van der Waals surface area contributed by atoms with Gasteiger partial charge in [0.25, 0.3) is 0 Å². The van der Waals surface area contributed by atoms with Crippen LogP contribution >= 0.6 is 0 Å². The minimum atomic E-state index is 0.151. The first kappa shape index (κ1) is 13.0. The molecule has 2 nitrogen and oxygen atoms in total.